The van der Waals surface area contributed by atoms with Gasteiger partial charge in [0.25, 0.3) is 5.91 Å². The van der Waals surface area contributed by atoms with Crippen LogP contribution < -0.4 is 4.72 Å². The first kappa shape index (κ1) is 19.1. The first-order valence-corrected chi connectivity index (χ1v) is 9.50. The average Bonchev–Trinajstić information content (AvgIpc) is 2.65. The normalized spacial score (nSPS) is 11.3. The summed E-state index contributed by atoms with van der Waals surface area (Å²) in [6.07, 6.45) is 0. The summed E-state index contributed by atoms with van der Waals surface area (Å²) in [5.41, 5.74) is 1.12. The number of nitrogens with one attached hydrogen (secondary N) is 1. The predicted octanol–water partition coefficient (Wildman–Crippen LogP) is 1.62. The lowest BCUT2D eigenvalue weighted by molar-refractivity contribution is 0.0731. The van der Waals surface area contributed by atoms with E-state index in [4.69, 9.17) is 5.11 Å². The summed E-state index contributed by atoms with van der Waals surface area (Å²) in [6.45, 7) is 2.47. The Morgan fingerprint density at radius 3 is 2.48 bits per heavy atom. The minimum absolute atomic E-state index is 0.0364. The first-order chi connectivity index (χ1) is 12.0. The van der Waals surface area contributed by atoms with Crippen molar-refractivity contribution in [2.75, 3.05) is 19.7 Å². The Morgan fingerprint density at radius 1 is 1.12 bits per heavy atom. The molecule has 0 aromatic heterocycles. The SMILES string of the molecule is CCN(CCO)C(=O)c1cccc(S(=O)(=O)NCc2ccccc2)c1. The lowest BCUT2D eigenvalue weighted by atomic mass is 10.2. The molecule has 2 rings (SSSR count). The van der Waals surface area contributed by atoms with E-state index >= 15 is 0 Å². The van der Waals surface area contributed by atoms with Gasteiger partial charge in [-0.25, -0.2) is 13.1 Å². The predicted molar refractivity (Wildman–Crippen MR) is 95.6 cm³/mol. The topological polar surface area (TPSA) is 86.7 Å². The van der Waals surface area contributed by atoms with Gasteiger partial charge in [-0.1, -0.05) is 36.4 Å². The highest BCUT2D eigenvalue weighted by Crippen LogP contribution is 2.14. The van der Waals surface area contributed by atoms with Crippen molar-refractivity contribution in [1.29, 1.82) is 0 Å². The fraction of sp³-hybridized carbons (Fsp3) is 0.278. The van der Waals surface area contributed by atoms with Crippen molar-refractivity contribution >= 4 is 15.9 Å². The van der Waals surface area contributed by atoms with E-state index < -0.39 is 10.0 Å². The van der Waals surface area contributed by atoms with Crippen molar-refractivity contribution in [2.24, 2.45) is 0 Å². The van der Waals surface area contributed by atoms with E-state index in [0.29, 0.717) is 6.54 Å². The zero-order valence-electron chi connectivity index (χ0n) is 14.1. The molecule has 0 fully saturated rings. The Kier molecular flexibility index (Phi) is 6.69. The van der Waals surface area contributed by atoms with Crippen LogP contribution in [0.5, 0.6) is 0 Å². The third-order valence-electron chi connectivity index (χ3n) is 3.74. The Hall–Kier alpha value is -2.22. The molecule has 0 aliphatic rings. The Bertz CT molecular complexity index is 807. The van der Waals surface area contributed by atoms with E-state index in [-0.39, 0.29) is 36.1 Å². The van der Waals surface area contributed by atoms with Gasteiger partial charge in [0.15, 0.2) is 0 Å². The third kappa shape index (κ3) is 5.12. The van der Waals surface area contributed by atoms with E-state index in [1.807, 2.05) is 30.3 Å². The molecule has 2 aromatic carbocycles. The van der Waals surface area contributed by atoms with Crippen molar-refractivity contribution in [3.63, 3.8) is 0 Å². The molecule has 2 aromatic rings. The van der Waals surface area contributed by atoms with Gasteiger partial charge >= 0.3 is 0 Å². The van der Waals surface area contributed by atoms with Crippen LogP contribution in [0, 0.1) is 0 Å². The Labute approximate surface area is 148 Å². The summed E-state index contributed by atoms with van der Waals surface area (Å²) in [6, 6.07) is 15.1. The summed E-state index contributed by atoms with van der Waals surface area (Å²) in [4.78, 5) is 13.9. The minimum Gasteiger partial charge on any atom is -0.395 e. The van der Waals surface area contributed by atoms with E-state index in [1.165, 1.54) is 23.1 Å². The molecule has 0 atom stereocenters. The van der Waals surface area contributed by atoms with Gasteiger partial charge in [0.2, 0.25) is 10.0 Å². The van der Waals surface area contributed by atoms with Crippen LogP contribution in [0.4, 0.5) is 0 Å². The number of sulfonamides is 1. The van der Waals surface area contributed by atoms with E-state index in [1.54, 1.807) is 13.0 Å². The smallest absolute Gasteiger partial charge is 0.253 e. The molecule has 0 aliphatic carbocycles. The zero-order valence-corrected chi connectivity index (χ0v) is 14.9. The lowest BCUT2D eigenvalue weighted by Crippen LogP contribution is -2.33. The van der Waals surface area contributed by atoms with Crippen LogP contribution in [-0.4, -0.2) is 44.0 Å². The number of amides is 1. The van der Waals surface area contributed by atoms with Crippen LogP contribution in [0.1, 0.15) is 22.8 Å². The second kappa shape index (κ2) is 8.75. The Morgan fingerprint density at radius 2 is 1.84 bits per heavy atom. The van der Waals surface area contributed by atoms with E-state index in [0.717, 1.165) is 5.56 Å². The largest absolute Gasteiger partial charge is 0.395 e. The summed E-state index contributed by atoms with van der Waals surface area (Å²) in [5.74, 6) is -0.309. The molecule has 25 heavy (non-hydrogen) atoms. The number of hydrogen-bond donors (Lipinski definition) is 2. The lowest BCUT2D eigenvalue weighted by Gasteiger charge is -2.20. The fourth-order valence-corrected chi connectivity index (χ4v) is 3.42. The van der Waals surface area contributed by atoms with Gasteiger partial charge < -0.3 is 10.0 Å². The third-order valence-corrected chi connectivity index (χ3v) is 5.14. The molecule has 0 aliphatic heterocycles. The van der Waals surface area contributed by atoms with Crippen LogP contribution >= 0.6 is 0 Å². The highest BCUT2D eigenvalue weighted by Gasteiger charge is 2.18. The molecular formula is C18H22N2O4S. The monoisotopic (exact) mass is 362 g/mol. The maximum Gasteiger partial charge on any atom is 0.253 e. The quantitative estimate of drug-likeness (QED) is 0.747. The summed E-state index contributed by atoms with van der Waals surface area (Å²) < 4.78 is 27.5. The number of hydrogen-bond acceptors (Lipinski definition) is 4. The van der Waals surface area contributed by atoms with E-state index in [9.17, 15) is 13.2 Å². The fourth-order valence-electron chi connectivity index (χ4n) is 2.36. The maximum atomic E-state index is 12.5. The summed E-state index contributed by atoms with van der Waals surface area (Å²) >= 11 is 0. The molecule has 7 heteroatoms. The standard InChI is InChI=1S/C18H22N2O4S/c1-2-20(11-12-21)18(22)16-9-6-10-17(13-16)25(23,24)19-14-15-7-4-3-5-8-15/h3-10,13,19,21H,2,11-12,14H2,1H3. The van der Waals surface area contributed by atoms with Crippen molar-refractivity contribution in [1.82, 2.24) is 9.62 Å². The van der Waals surface area contributed by atoms with Gasteiger partial charge in [-0.3, -0.25) is 4.79 Å². The van der Waals surface area contributed by atoms with Crippen molar-refractivity contribution in [2.45, 2.75) is 18.4 Å². The van der Waals surface area contributed by atoms with Crippen LogP contribution in [-0.2, 0) is 16.6 Å². The number of rotatable bonds is 8. The highest BCUT2D eigenvalue weighted by molar-refractivity contribution is 7.89. The van der Waals surface area contributed by atoms with Gasteiger partial charge in [-0.15, -0.1) is 0 Å². The van der Waals surface area contributed by atoms with E-state index in [2.05, 4.69) is 4.72 Å². The number of carbonyl (C=O) groups is 1. The van der Waals surface area contributed by atoms with Crippen LogP contribution in [0.15, 0.2) is 59.5 Å². The van der Waals surface area contributed by atoms with Gasteiger partial charge in [0.05, 0.1) is 11.5 Å². The molecule has 0 radical (unpaired) electrons. The number of carbonyl (C=O) groups excluding carboxylic acids is 1. The number of aliphatic hydroxyl groups excluding tert-OH is 1. The van der Waals surface area contributed by atoms with Gasteiger partial charge in [-0.2, -0.15) is 0 Å². The summed E-state index contributed by atoms with van der Waals surface area (Å²) in [7, 11) is -3.73. The number of aliphatic hydroxyl groups is 1. The molecule has 0 spiro atoms. The van der Waals surface area contributed by atoms with Crippen LogP contribution in [0.25, 0.3) is 0 Å². The van der Waals surface area contributed by atoms with Crippen LogP contribution in [0.3, 0.4) is 0 Å². The molecule has 0 saturated heterocycles. The van der Waals surface area contributed by atoms with Gasteiger partial charge in [0.1, 0.15) is 0 Å². The van der Waals surface area contributed by atoms with Crippen molar-refractivity contribution in [3.05, 3.63) is 65.7 Å². The minimum atomic E-state index is -3.73. The van der Waals surface area contributed by atoms with Crippen molar-refractivity contribution < 1.29 is 18.3 Å². The molecule has 0 heterocycles. The molecule has 0 unspecified atom stereocenters. The van der Waals surface area contributed by atoms with Crippen LogP contribution in [0.2, 0.25) is 0 Å². The second-order valence-corrected chi connectivity index (χ2v) is 7.21. The molecule has 0 saturated carbocycles. The molecule has 6 nitrogen and oxygen atoms in total. The number of benzene rings is 2. The summed E-state index contributed by atoms with van der Waals surface area (Å²) in [5, 5.41) is 9.03. The molecule has 1 amide bonds. The number of likely N-dealkylation sites (N-methyl/N-ethyl adjacent to an activating group) is 1. The average molecular weight is 362 g/mol. The maximum absolute atomic E-state index is 12.5. The van der Waals surface area contributed by atoms with Gasteiger partial charge in [0, 0.05) is 25.2 Å². The molecular weight excluding hydrogens is 340 g/mol. The first-order valence-electron chi connectivity index (χ1n) is 8.01. The Balaban J connectivity index is 2.17. The molecule has 2 N–H and O–H groups in total. The second-order valence-electron chi connectivity index (χ2n) is 5.45. The molecule has 0 bridgehead atoms. The van der Waals surface area contributed by atoms with Crippen molar-refractivity contribution in [3.8, 4) is 0 Å². The zero-order chi connectivity index (χ0) is 18.3. The van der Waals surface area contributed by atoms with Gasteiger partial charge in [-0.05, 0) is 30.7 Å². The number of nitrogens with zero attached hydrogens (tertiary/aromatic N) is 1. The highest BCUT2D eigenvalue weighted by atomic mass is 32.2. The molecule has 134 valence electrons.